The van der Waals surface area contributed by atoms with Crippen LogP contribution in [0.25, 0.3) is 0 Å². The van der Waals surface area contributed by atoms with E-state index < -0.39 is 0 Å². The molecule has 0 aliphatic heterocycles. The first-order valence-electron chi connectivity index (χ1n) is 4.01. The summed E-state index contributed by atoms with van der Waals surface area (Å²) in [5.74, 6) is 0. The molecule has 1 saturated carbocycles. The lowest BCUT2D eigenvalue weighted by molar-refractivity contribution is 0.188. The summed E-state index contributed by atoms with van der Waals surface area (Å²) in [5.41, 5.74) is 0.512. The van der Waals surface area contributed by atoms with Gasteiger partial charge in [0.1, 0.15) is 0 Å². The number of methoxy groups -OCH3 is 1. The van der Waals surface area contributed by atoms with E-state index >= 15 is 0 Å². The summed E-state index contributed by atoms with van der Waals surface area (Å²) in [4.78, 5) is 0. The average Bonchev–Trinajstić information content (AvgIpc) is 2.70. The lowest BCUT2D eigenvalue weighted by Crippen LogP contribution is -2.27. The monoisotopic (exact) mass is 143 g/mol. The van der Waals surface area contributed by atoms with Crippen LogP contribution < -0.4 is 5.32 Å². The van der Waals surface area contributed by atoms with Crippen LogP contribution in [0.1, 0.15) is 25.7 Å². The summed E-state index contributed by atoms with van der Waals surface area (Å²) in [6.07, 6.45) is 5.18. The van der Waals surface area contributed by atoms with Crippen molar-refractivity contribution in [3.8, 4) is 0 Å². The molecule has 0 aromatic carbocycles. The van der Waals surface area contributed by atoms with Gasteiger partial charge in [0.2, 0.25) is 0 Å². The summed E-state index contributed by atoms with van der Waals surface area (Å²) < 4.78 is 4.98. The minimum atomic E-state index is 0.512. The van der Waals surface area contributed by atoms with Crippen LogP contribution in [0.2, 0.25) is 0 Å². The Morgan fingerprint density at radius 3 is 2.60 bits per heavy atom. The van der Waals surface area contributed by atoms with Crippen molar-refractivity contribution in [2.45, 2.75) is 31.2 Å². The van der Waals surface area contributed by atoms with E-state index in [-0.39, 0.29) is 0 Å². The molecule has 1 aliphatic carbocycles. The molecule has 1 rings (SSSR count). The molecule has 1 N–H and O–H groups in total. The number of hydrogen-bond donors (Lipinski definition) is 1. The highest BCUT2D eigenvalue weighted by Crippen LogP contribution is 2.38. The Bertz CT molecular complexity index is 99.4. The highest BCUT2D eigenvalue weighted by molar-refractivity contribution is 5.00. The van der Waals surface area contributed by atoms with Gasteiger partial charge >= 0.3 is 0 Å². The fourth-order valence-electron chi connectivity index (χ4n) is 1.33. The maximum atomic E-state index is 4.98. The third kappa shape index (κ3) is 1.96. The van der Waals surface area contributed by atoms with Crippen LogP contribution >= 0.6 is 0 Å². The fourth-order valence-corrected chi connectivity index (χ4v) is 1.33. The van der Waals surface area contributed by atoms with Crippen LogP contribution in [-0.2, 0) is 4.74 Å². The van der Waals surface area contributed by atoms with Crippen LogP contribution in [0.5, 0.6) is 0 Å². The first-order chi connectivity index (χ1) is 4.83. The summed E-state index contributed by atoms with van der Waals surface area (Å²) in [6, 6.07) is 0. The molecule has 0 amide bonds. The van der Waals surface area contributed by atoms with Crippen LogP contribution in [0.15, 0.2) is 0 Å². The molecule has 0 radical (unpaired) electrons. The van der Waals surface area contributed by atoms with Crippen molar-refractivity contribution in [3.63, 3.8) is 0 Å². The van der Waals surface area contributed by atoms with Gasteiger partial charge in [-0.05, 0) is 32.7 Å². The highest BCUT2D eigenvalue weighted by Gasteiger charge is 2.39. The quantitative estimate of drug-likeness (QED) is 0.583. The summed E-state index contributed by atoms with van der Waals surface area (Å²) in [5, 5.41) is 3.36. The van der Waals surface area contributed by atoms with Gasteiger partial charge in [0, 0.05) is 19.3 Å². The number of ether oxygens (including phenoxy) is 1. The summed E-state index contributed by atoms with van der Waals surface area (Å²) in [7, 11) is 3.82. The number of rotatable bonds is 5. The number of nitrogens with one attached hydrogen (secondary N) is 1. The molecule has 1 fully saturated rings. The van der Waals surface area contributed by atoms with E-state index in [0.717, 1.165) is 6.61 Å². The standard InChI is InChI=1S/C8H17NO/c1-9-8(5-6-8)4-3-7-10-2/h9H,3-7H2,1-2H3. The smallest absolute Gasteiger partial charge is 0.0462 e. The molecule has 0 bridgehead atoms. The molecular weight excluding hydrogens is 126 g/mol. The zero-order chi connectivity index (χ0) is 7.45. The van der Waals surface area contributed by atoms with Crippen molar-refractivity contribution in [1.29, 1.82) is 0 Å². The maximum absolute atomic E-state index is 4.98. The molecule has 10 heavy (non-hydrogen) atoms. The zero-order valence-corrected chi connectivity index (χ0v) is 6.94. The third-order valence-electron chi connectivity index (χ3n) is 2.39. The Labute approximate surface area is 63.0 Å². The second-order valence-corrected chi connectivity index (χ2v) is 3.13. The molecular formula is C8H17NO. The predicted molar refractivity (Wildman–Crippen MR) is 42.1 cm³/mol. The van der Waals surface area contributed by atoms with E-state index in [4.69, 9.17) is 4.74 Å². The zero-order valence-electron chi connectivity index (χ0n) is 6.94. The van der Waals surface area contributed by atoms with Crippen molar-refractivity contribution in [2.75, 3.05) is 20.8 Å². The third-order valence-corrected chi connectivity index (χ3v) is 2.39. The van der Waals surface area contributed by atoms with Gasteiger partial charge in [0.05, 0.1) is 0 Å². The van der Waals surface area contributed by atoms with Crippen LogP contribution in [0.4, 0.5) is 0 Å². The minimum absolute atomic E-state index is 0.512. The van der Waals surface area contributed by atoms with Gasteiger partial charge in [-0.2, -0.15) is 0 Å². The van der Waals surface area contributed by atoms with Crippen LogP contribution in [0.3, 0.4) is 0 Å². The molecule has 60 valence electrons. The Hall–Kier alpha value is -0.0800. The predicted octanol–water partition coefficient (Wildman–Crippen LogP) is 1.16. The van der Waals surface area contributed by atoms with Crippen molar-refractivity contribution in [3.05, 3.63) is 0 Å². The average molecular weight is 143 g/mol. The van der Waals surface area contributed by atoms with Gasteiger partial charge in [0.15, 0.2) is 0 Å². The molecule has 2 nitrogen and oxygen atoms in total. The van der Waals surface area contributed by atoms with Crippen LogP contribution in [-0.4, -0.2) is 26.3 Å². The van der Waals surface area contributed by atoms with Crippen molar-refractivity contribution < 1.29 is 4.74 Å². The Morgan fingerprint density at radius 1 is 1.50 bits per heavy atom. The number of hydrogen-bond acceptors (Lipinski definition) is 2. The van der Waals surface area contributed by atoms with E-state index in [0.29, 0.717) is 5.54 Å². The molecule has 0 unspecified atom stereocenters. The summed E-state index contributed by atoms with van der Waals surface area (Å²) in [6.45, 7) is 0.906. The molecule has 0 spiro atoms. The first kappa shape index (κ1) is 8.02. The molecule has 0 heterocycles. The van der Waals surface area contributed by atoms with E-state index in [1.807, 2.05) is 0 Å². The van der Waals surface area contributed by atoms with Crippen molar-refractivity contribution in [1.82, 2.24) is 5.32 Å². The normalized spacial score (nSPS) is 21.0. The summed E-state index contributed by atoms with van der Waals surface area (Å²) >= 11 is 0. The molecule has 0 saturated heterocycles. The van der Waals surface area contributed by atoms with Gasteiger partial charge < -0.3 is 10.1 Å². The minimum Gasteiger partial charge on any atom is -0.385 e. The van der Waals surface area contributed by atoms with E-state index in [1.165, 1.54) is 25.7 Å². The lowest BCUT2D eigenvalue weighted by Gasteiger charge is -2.12. The van der Waals surface area contributed by atoms with Gasteiger partial charge in [-0.15, -0.1) is 0 Å². The van der Waals surface area contributed by atoms with Gasteiger partial charge in [0.25, 0.3) is 0 Å². The van der Waals surface area contributed by atoms with E-state index in [1.54, 1.807) is 7.11 Å². The molecule has 0 aromatic heterocycles. The van der Waals surface area contributed by atoms with Gasteiger partial charge in [-0.1, -0.05) is 0 Å². The SMILES string of the molecule is CNC1(CCCOC)CC1. The second-order valence-electron chi connectivity index (χ2n) is 3.13. The second kappa shape index (κ2) is 3.35. The Morgan fingerprint density at radius 2 is 2.20 bits per heavy atom. The van der Waals surface area contributed by atoms with E-state index in [9.17, 15) is 0 Å². The molecule has 2 heteroatoms. The van der Waals surface area contributed by atoms with Crippen molar-refractivity contribution >= 4 is 0 Å². The topological polar surface area (TPSA) is 21.3 Å². The van der Waals surface area contributed by atoms with Gasteiger partial charge in [-0.25, -0.2) is 0 Å². The fraction of sp³-hybridized carbons (Fsp3) is 1.00. The van der Waals surface area contributed by atoms with E-state index in [2.05, 4.69) is 12.4 Å². The Kier molecular flexibility index (Phi) is 2.69. The van der Waals surface area contributed by atoms with Gasteiger partial charge in [-0.3, -0.25) is 0 Å². The molecule has 0 atom stereocenters. The Balaban J connectivity index is 2.01. The van der Waals surface area contributed by atoms with Crippen LogP contribution in [0, 0.1) is 0 Å². The largest absolute Gasteiger partial charge is 0.385 e. The first-order valence-corrected chi connectivity index (χ1v) is 4.01. The lowest BCUT2D eigenvalue weighted by atomic mass is 10.1. The highest BCUT2D eigenvalue weighted by atomic mass is 16.5. The molecule has 0 aromatic rings. The molecule has 1 aliphatic rings. The maximum Gasteiger partial charge on any atom is 0.0462 e. The van der Waals surface area contributed by atoms with Crippen molar-refractivity contribution in [2.24, 2.45) is 0 Å².